The first-order chi connectivity index (χ1) is 7.31. The number of rotatable bonds is 4. The molecule has 1 aliphatic rings. The third-order valence-corrected chi connectivity index (χ3v) is 2.82. The van der Waals surface area contributed by atoms with E-state index in [2.05, 4.69) is 18.7 Å². The molecule has 0 saturated carbocycles. The van der Waals surface area contributed by atoms with Crippen LogP contribution in [0.3, 0.4) is 0 Å². The van der Waals surface area contributed by atoms with Crippen LogP contribution in [0.1, 0.15) is 30.0 Å². The van der Waals surface area contributed by atoms with E-state index >= 15 is 0 Å². The fourth-order valence-corrected chi connectivity index (χ4v) is 1.90. The molecule has 2 N–H and O–H groups in total. The molecule has 1 aromatic carbocycles. The van der Waals surface area contributed by atoms with Crippen LogP contribution in [-0.2, 0) is 6.42 Å². The molecule has 2 heteroatoms. The largest absolute Gasteiger partial charge is 0.493 e. The summed E-state index contributed by atoms with van der Waals surface area (Å²) in [5.41, 5.74) is 8.59. The van der Waals surface area contributed by atoms with Gasteiger partial charge in [0.25, 0.3) is 0 Å². The Morgan fingerprint density at radius 3 is 3.20 bits per heavy atom. The molecule has 0 spiro atoms. The van der Waals surface area contributed by atoms with Crippen molar-refractivity contribution in [3.8, 4) is 5.75 Å². The normalized spacial score (nSPS) is 15.5. The molecule has 1 heterocycles. The molecule has 0 fully saturated rings. The lowest BCUT2D eigenvalue weighted by atomic mass is 10.00. The number of fused-ring (bicyclic) bond motifs is 1. The quantitative estimate of drug-likeness (QED) is 0.763. The van der Waals surface area contributed by atoms with Gasteiger partial charge in [0.1, 0.15) is 5.75 Å². The molecule has 0 bridgehead atoms. The molecule has 15 heavy (non-hydrogen) atoms. The van der Waals surface area contributed by atoms with E-state index < -0.39 is 0 Å². The van der Waals surface area contributed by atoms with Crippen LogP contribution in [-0.4, -0.2) is 6.61 Å². The lowest BCUT2D eigenvalue weighted by molar-refractivity contribution is 0.357. The summed E-state index contributed by atoms with van der Waals surface area (Å²) >= 11 is 0. The molecule has 1 aromatic rings. The van der Waals surface area contributed by atoms with Crippen LogP contribution in [0.25, 0.3) is 0 Å². The first-order valence-electron chi connectivity index (χ1n) is 5.43. The summed E-state index contributed by atoms with van der Waals surface area (Å²) in [5, 5.41) is 0. The molecule has 2 nitrogen and oxygen atoms in total. The first kappa shape index (κ1) is 10.2. The van der Waals surface area contributed by atoms with Gasteiger partial charge in [-0.1, -0.05) is 18.2 Å². The third kappa shape index (κ3) is 2.21. The molecule has 0 aliphatic carbocycles. The number of nitrogens with two attached hydrogens (primary N) is 1. The maximum absolute atomic E-state index is 6.09. The van der Waals surface area contributed by atoms with Crippen molar-refractivity contribution in [1.82, 2.24) is 0 Å². The summed E-state index contributed by atoms with van der Waals surface area (Å²) < 4.78 is 5.46. The Kier molecular flexibility index (Phi) is 3.07. The van der Waals surface area contributed by atoms with Gasteiger partial charge in [0.15, 0.2) is 0 Å². The molecule has 0 unspecified atom stereocenters. The van der Waals surface area contributed by atoms with Crippen molar-refractivity contribution in [1.29, 1.82) is 0 Å². The van der Waals surface area contributed by atoms with Crippen molar-refractivity contribution in [3.63, 3.8) is 0 Å². The second kappa shape index (κ2) is 4.49. The molecular formula is C13H17NO. The number of hydrogen-bond acceptors (Lipinski definition) is 2. The third-order valence-electron chi connectivity index (χ3n) is 2.82. The molecule has 1 atom stereocenters. The lowest BCUT2D eigenvalue weighted by Gasteiger charge is -2.11. The van der Waals surface area contributed by atoms with Crippen molar-refractivity contribution in [2.75, 3.05) is 6.61 Å². The van der Waals surface area contributed by atoms with Gasteiger partial charge in [-0.3, -0.25) is 0 Å². The minimum Gasteiger partial charge on any atom is -0.493 e. The van der Waals surface area contributed by atoms with E-state index in [-0.39, 0.29) is 6.04 Å². The van der Waals surface area contributed by atoms with Crippen LogP contribution in [0.4, 0.5) is 0 Å². The number of benzene rings is 1. The zero-order valence-electron chi connectivity index (χ0n) is 8.91. The van der Waals surface area contributed by atoms with Gasteiger partial charge in [-0.25, -0.2) is 0 Å². The zero-order chi connectivity index (χ0) is 10.7. The Morgan fingerprint density at radius 1 is 1.53 bits per heavy atom. The highest BCUT2D eigenvalue weighted by atomic mass is 16.5. The molecule has 1 aliphatic heterocycles. The van der Waals surface area contributed by atoms with Crippen molar-refractivity contribution in [3.05, 3.63) is 42.0 Å². The SMILES string of the molecule is C=CCC[C@H](N)c1ccc2c(c1)CCO2. The average Bonchev–Trinajstić information content (AvgIpc) is 2.72. The van der Waals surface area contributed by atoms with E-state index in [0.717, 1.165) is 31.6 Å². The van der Waals surface area contributed by atoms with E-state index in [4.69, 9.17) is 10.5 Å². The van der Waals surface area contributed by atoms with Gasteiger partial charge in [-0.15, -0.1) is 6.58 Å². The number of hydrogen-bond donors (Lipinski definition) is 1. The fraction of sp³-hybridized carbons (Fsp3) is 0.385. The highest BCUT2D eigenvalue weighted by molar-refractivity contribution is 5.40. The van der Waals surface area contributed by atoms with Gasteiger partial charge in [-0.05, 0) is 30.0 Å². The van der Waals surface area contributed by atoms with Crippen LogP contribution in [0.5, 0.6) is 5.75 Å². The Bertz CT molecular complexity index is 360. The Morgan fingerprint density at radius 2 is 2.40 bits per heavy atom. The van der Waals surface area contributed by atoms with Crippen molar-refractivity contribution < 1.29 is 4.74 Å². The van der Waals surface area contributed by atoms with Crippen molar-refractivity contribution in [2.24, 2.45) is 5.73 Å². The topological polar surface area (TPSA) is 35.2 Å². The lowest BCUT2D eigenvalue weighted by Crippen LogP contribution is -2.09. The molecule has 80 valence electrons. The molecule has 0 aromatic heterocycles. The molecular weight excluding hydrogens is 186 g/mol. The highest BCUT2D eigenvalue weighted by Crippen LogP contribution is 2.28. The smallest absolute Gasteiger partial charge is 0.122 e. The molecule has 2 rings (SSSR count). The Labute approximate surface area is 90.7 Å². The van der Waals surface area contributed by atoms with Crippen molar-refractivity contribution in [2.45, 2.75) is 25.3 Å². The predicted molar refractivity (Wildman–Crippen MR) is 62.0 cm³/mol. The fourth-order valence-electron chi connectivity index (χ4n) is 1.90. The summed E-state index contributed by atoms with van der Waals surface area (Å²) in [6.07, 6.45) is 4.85. The van der Waals surface area contributed by atoms with Crippen LogP contribution >= 0.6 is 0 Å². The van der Waals surface area contributed by atoms with E-state index in [1.165, 1.54) is 11.1 Å². The maximum atomic E-state index is 6.09. The minimum absolute atomic E-state index is 0.119. The zero-order valence-corrected chi connectivity index (χ0v) is 8.91. The number of allylic oxidation sites excluding steroid dienone is 1. The van der Waals surface area contributed by atoms with Gasteiger partial charge in [0.05, 0.1) is 6.61 Å². The summed E-state index contributed by atoms with van der Waals surface area (Å²) in [6, 6.07) is 6.40. The second-order valence-electron chi connectivity index (χ2n) is 3.94. The molecule has 0 saturated heterocycles. The van der Waals surface area contributed by atoms with Gasteiger partial charge < -0.3 is 10.5 Å². The highest BCUT2D eigenvalue weighted by Gasteiger charge is 2.14. The van der Waals surface area contributed by atoms with Crippen LogP contribution in [0, 0.1) is 0 Å². The summed E-state index contributed by atoms with van der Waals surface area (Å²) in [7, 11) is 0. The Hall–Kier alpha value is -1.28. The summed E-state index contributed by atoms with van der Waals surface area (Å²) in [6.45, 7) is 4.51. The summed E-state index contributed by atoms with van der Waals surface area (Å²) in [5.74, 6) is 1.02. The number of ether oxygens (including phenoxy) is 1. The van der Waals surface area contributed by atoms with Gasteiger partial charge in [-0.2, -0.15) is 0 Å². The van der Waals surface area contributed by atoms with Gasteiger partial charge in [0.2, 0.25) is 0 Å². The van der Waals surface area contributed by atoms with Gasteiger partial charge >= 0.3 is 0 Å². The minimum atomic E-state index is 0.119. The average molecular weight is 203 g/mol. The standard InChI is InChI=1S/C13H17NO/c1-2-3-4-12(14)10-5-6-13-11(9-10)7-8-15-13/h2,5-6,9,12H,1,3-4,7-8,14H2/t12-/m0/s1. The summed E-state index contributed by atoms with van der Waals surface area (Å²) in [4.78, 5) is 0. The second-order valence-corrected chi connectivity index (χ2v) is 3.94. The molecule has 0 radical (unpaired) electrons. The van der Waals surface area contributed by atoms with Gasteiger partial charge in [0, 0.05) is 12.5 Å². The molecule has 0 amide bonds. The first-order valence-corrected chi connectivity index (χ1v) is 5.43. The van der Waals surface area contributed by atoms with E-state index in [9.17, 15) is 0 Å². The van der Waals surface area contributed by atoms with E-state index in [0.29, 0.717) is 0 Å². The van der Waals surface area contributed by atoms with Crippen LogP contribution in [0.2, 0.25) is 0 Å². The van der Waals surface area contributed by atoms with Crippen molar-refractivity contribution >= 4 is 0 Å². The predicted octanol–water partition coefficient (Wildman–Crippen LogP) is 2.59. The van der Waals surface area contributed by atoms with Crippen LogP contribution in [0.15, 0.2) is 30.9 Å². The monoisotopic (exact) mass is 203 g/mol. The van der Waals surface area contributed by atoms with E-state index in [1.807, 2.05) is 12.1 Å². The van der Waals surface area contributed by atoms with Crippen LogP contribution < -0.4 is 10.5 Å². The maximum Gasteiger partial charge on any atom is 0.122 e. The Balaban J connectivity index is 2.11. The van der Waals surface area contributed by atoms with E-state index in [1.54, 1.807) is 0 Å².